The molecule has 0 saturated carbocycles. The molecule has 27 heavy (non-hydrogen) atoms. The van der Waals surface area contributed by atoms with Crippen LogP contribution in [0.3, 0.4) is 0 Å². The standard InChI is InChI=1S/C21H20N4O2/c22-21(26)17-4-6-20(24-12-17)27-19-5-3-16-7-9-25(14-18(16)10-19)13-15-2-1-8-23-11-15/h1-6,8,10-12H,7,9,13-14H2,(H2,22,26). The number of fused-ring (bicyclic) bond motifs is 1. The second-order valence-corrected chi connectivity index (χ2v) is 6.60. The molecule has 6 heteroatoms. The molecular formula is C21H20N4O2. The number of primary amides is 1. The number of carbonyl (C=O) groups is 1. The highest BCUT2D eigenvalue weighted by Gasteiger charge is 2.17. The van der Waals surface area contributed by atoms with E-state index in [2.05, 4.69) is 33.1 Å². The van der Waals surface area contributed by atoms with Gasteiger partial charge >= 0.3 is 0 Å². The molecule has 0 radical (unpaired) electrons. The molecule has 0 spiro atoms. The molecule has 1 amide bonds. The van der Waals surface area contributed by atoms with Gasteiger partial charge in [-0.1, -0.05) is 12.1 Å². The molecule has 2 N–H and O–H groups in total. The number of hydrogen-bond acceptors (Lipinski definition) is 5. The Balaban J connectivity index is 1.46. The van der Waals surface area contributed by atoms with Gasteiger partial charge in [-0.15, -0.1) is 0 Å². The van der Waals surface area contributed by atoms with Gasteiger partial charge in [-0.05, 0) is 47.4 Å². The van der Waals surface area contributed by atoms with E-state index >= 15 is 0 Å². The minimum Gasteiger partial charge on any atom is -0.439 e. The van der Waals surface area contributed by atoms with Crippen LogP contribution in [-0.2, 0) is 19.5 Å². The number of amides is 1. The second kappa shape index (κ2) is 7.55. The fraction of sp³-hybridized carbons (Fsp3) is 0.190. The summed E-state index contributed by atoms with van der Waals surface area (Å²) in [4.78, 5) is 21.9. The zero-order valence-electron chi connectivity index (χ0n) is 14.8. The van der Waals surface area contributed by atoms with E-state index < -0.39 is 5.91 Å². The summed E-state index contributed by atoms with van der Waals surface area (Å²) in [5.74, 6) is 0.663. The van der Waals surface area contributed by atoms with Gasteiger partial charge < -0.3 is 10.5 Å². The average Bonchev–Trinajstić information content (AvgIpc) is 2.69. The van der Waals surface area contributed by atoms with Gasteiger partial charge in [0.1, 0.15) is 5.75 Å². The van der Waals surface area contributed by atoms with Gasteiger partial charge in [0.25, 0.3) is 0 Å². The number of carbonyl (C=O) groups excluding carboxylic acids is 1. The summed E-state index contributed by atoms with van der Waals surface area (Å²) >= 11 is 0. The lowest BCUT2D eigenvalue weighted by atomic mass is 9.99. The Hall–Kier alpha value is -3.25. The van der Waals surface area contributed by atoms with Gasteiger partial charge in [0.05, 0.1) is 5.56 Å². The third kappa shape index (κ3) is 4.12. The predicted molar refractivity (Wildman–Crippen MR) is 101 cm³/mol. The molecule has 6 nitrogen and oxygen atoms in total. The number of ether oxygens (including phenoxy) is 1. The van der Waals surface area contributed by atoms with Gasteiger partial charge in [0.15, 0.2) is 0 Å². The normalized spacial score (nSPS) is 13.8. The molecule has 136 valence electrons. The van der Waals surface area contributed by atoms with Crippen LogP contribution >= 0.6 is 0 Å². The van der Waals surface area contributed by atoms with Gasteiger partial charge in [-0.25, -0.2) is 4.98 Å². The number of nitrogens with zero attached hydrogens (tertiary/aromatic N) is 3. The Bertz CT molecular complexity index is 942. The Kier molecular flexibility index (Phi) is 4.80. The molecule has 1 aliphatic heterocycles. The lowest BCUT2D eigenvalue weighted by Gasteiger charge is -2.29. The van der Waals surface area contributed by atoms with E-state index in [9.17, 15) is 4.79 Å². The SMILES string of the molecule is NC(=O)c1ccc(Oc2ccc3c(c2)CN(Cc2cccnc2)CC3)nc1. The molecular weight excluding hydrogens is 340 g/mol. The maximum atomic E-state index is 11.1. The first-order chi connectivity index (χ1) is 13.2. The molecule has 0 unspecified atom stereocenters. The first-order valence-corrected chi connectivity index (χ1v) is 8.84. The summed E-state index contributed by atoms with van der Waals surface area (Å²) in [5, 5.41) is 0. The van der Waals surface area contributed by atoms with E-state index in [4.69, 9.17) is 10.5 Å². The fourth-order valence-corrected chi connectivity index (χ4v) is 3.25. The van der Waals surface area contributed by atoms with Crippen LogP contribution in [0.4, 0.5) is 0 Å². The second-order valence-electron chi connectivity index (χ2n) is 6.60. The highest BCUT2D eigenvalue weighted by molar-refractivity contribution is 5.92. The Morgan fingerprint density at radius 2 is 2.07 bits per heavy atom. The number of hydrogen-bond donors (Lipinski definition) is 1. The number of pyridine rings is 2. The highest BCUT2D eigenvalue weighted by atomic mass is 16.5. The summed E-state index contributed by atoms with van der Waals surface area (Å²) in [7, 11) is 0. The summed E-state index contributed by atoms with van der Waals surface area (Å²) in [6, 6.07) is 13.5. The van der Waals surface area contributed by atoms with Crippen molar-refractivity contribution in [3.63, 3.8) is 0 Å². The van der Waals surface area contributed by atoms with Gasteiger partial charge in [-0.3, -0.25) is 14.7 Å². The van der Waals surface area contributed by atoms with Crippen molar-refractivity contribution in [2.75, 3.05) is 6.54 Å². The largest absolute Gasteiger partial charge is 0.439 e. The van der Waals surface area contributed by atoms with Crippen molar-refractivity contribution in [1.29, 1.82) is 0 Å². The molecule has 0 fully saturated rings. The number of benzene rings is 1. The third-order valence-corrected chi connectivity index (χ3v) is 4.64. The van der Waals surface area contributed by atoms with E-state index in [0.29, 0.717) is 11.4 Å². The topological polar surface area (TPSA) is 81.3 Å². The first kappa shape index (κ1) is 17.2. The molecule has 1 aliphatic rings. The summed E-state index contributed by atoms with van der Waals surface area (Å²) in [6.07, 6.45) is 6.15. The van der Waals surface area contributed by atoms with Crippen molar-refractivity contribution in [3.8, 4) is 11.6 Å². The number of rotatable bonds is 5. The van der Waals surface area contributed by atoms with Crippen LogP contribution in [-0.4, -0.2) is 27.3 Å². The minimum absolute atomic E-state index is 0.360. The molecule has 0 atom stereocenters. The molecule has 3 heterocycles. The summed E-state index contributed by atoms with van der Waals surface area (Å²) in [5.41, 5.74) is 9.42. The third-order valence-electron chi connectivity index (χ3n) is 4.64. The van der Waals surface area contributed by atoms with Crippen LogP contribution < -0.4 is 10.5 Å². The lowest BCUT2D eigenvalue weighted by molar-refractivity contribution is 0.1000. The van der Waals surface area contributed by atoms with E-state index in [1.807, 2.05) is 18.3 Å². The van der Waals surface area contributed by atoms with E-state index in [0.717, 1.165) is 31.8 Å². The predicted octanol–water partition coefficient (Wildman–Crippen LogP) is 2.93. The maximum Gasteiger partial charge on any atom is 0.250 e. The van der Waals surface area contributed by atoms with E-state index in [1.165, 1.54) is 22.9 Å². The molecule has 4 rings (SSSR count). The summed E-state index contributed by atoms with van der Waals surface area (Å²) in [6.45, 7) is 2.78. The highest BCUT2D eigenvalue weighted by Crippen LogP contribution is 2.27. The van der Waals surface area contributed by atoms with Gasteiger partial charge in [-0.2, -0.15) is 0 Å². The lowest BCUT2D eigenvalue weighted by Crippen LogP contribution is -2.30. The average molecular weight is 360 g/mol. The molecule has 3 aromatic rings. The Labute approximate surface area is 157 Å². The van der Waals surface area contributed by atoms with Crippen molar-refractivity contribution >= 4 is 5.91 Å². The molecule has 2 aromatic heterocycles. The van der Waals surface area contributed by atoms with Crippen molar-refractivity contribution < 1.29 is 9.53 Å². The van der Waals surface area contributed by atoms with Crippen LogP contribution in [0.5, 0.6) is 11.6 Å². The number of aromatic nitrogens is 2. The van der Waals surface area contributed by atoms with Crippen molar-refractivity contribution in [2.24, 2.45) is 5.73 Å². The van der Waals surface area contributed by atoms with E-state index in [1.54, 1.807) is 18.3 Å². The number of nitrogens with two attached hydrogens (primary N) is 1. The molecule has 0 aliphatic carbocycles. The van der Waals surface area contributed by atoms with Gasteiger partial charge in [0, 0.05) is 44.3 Å². The molecule has 0 saturated heterocycles. The van der Waals surface area contributed by atoms with Crippen LogP contribution in [0.25, 0.3) is 0 Å². The van der Waals surface area contributed by atoms with Crippen molar-refractivity contribution in [3.05, 3.63) is 83.3 Å². The van der Waals surface area contributed by atoms with Crippen molar-refractivity contribution in [2.45, 2.75) is 19.5 Å². The zero-order valence-corrected chi connectivity index (χ0v) is 14.8. The van der Waals surface area contributed by atoms with Gasteiger partial charge in [0.2, 0.25) is 11.8 Å². The van der Waals surface area contributed by atoms with Crippen LogP contribution in [0.1, 0.15) is 27.0 Å². The van der Waals surface area contributed by atoms with Crippen LogP contribution in [0.15, 0.2) is 61.1 Å². The fourth-order valence-electron chi connectivity index (χ4n) is 3.25. The quantitative estimate of drug-likeness (QED) is 0.757. The van der Waals surface area contributed by atoms with E-state index in [-0.39, 0.29) is 0 Å². The monoisotopic (exact) mass is 360 g/mol. The maximum absolute atomic E-state index is 11.1. The minimum atomic E-state index is -0.503. The first-order valence-electron chi connectivity index (χ1n) is 8.84. The zero-order chi connectivity index (χ0) is 18.6. The smallest absolute Gasteiger partial charge is 0.250 e. The summed E-state index contributed by atoms with van der Waals surface area (Å²) < 4.78 is 5.84. The Morgan fingerprint density at radius 3 is 2.81 bits per heavy atom. The molecule has 1 aromatic carbocycles. The van der Waals surface area contributed by atoms with Crippen LogP contribution in [0.2, 0.25) is 0 Å². The van der Waals surface area contributed by atoms with Crippen molar-refractivity contribution in [1.82, 2.24) is 14.9 Å². The Morgan fingerprint density at radius 1 is 1.15 bits per heavy atom. The van der Waals surface area contributed by atoms with Crippen LogP contribution in [0, 0.1) is 0 Å². The molecule has 0 bridgehead atoms.